The molecule has 0 fully saturated rings. The van der Waals surface area contributed by atoms with Crippen molar-refractivity contribution in [1.29, 1.82) is 0 Å². The van der Waals surface area contributed by atoms with Crippen molar-refractivity contribution < 1.29 is 0 Å². The molecule has 0 radical (unpaired) electrons. The van der Waals surface area contributed by atoms with Gasteiger partial charge < -0.3 is 5.32 Å². The summed E-state index contributed by atoms with van der Waals surface area (Å²) in [6.45, 7) is 6.52. The fourth-order valence-electron chi connectivity index (χ4n) is 2.28. The van der Waals surface area contributed by atoms with Gasteiger partial charge in [0.1, 0.15) is 10.0 Å². The molecule has 2 aromatic rings. The number of rotatable bonds is 9. The third-order valence-electron chi connectivity index (χ3n) is 3.39. The number of aryl methyl sites for hydroxylation is 4. The number of nitrogens with zero attached hydrogens (tertiary/aromatic N) is 2. The fraction of sp³-hybridized carbons (Fsp3) is 0.529. The molecule has 0 spiro atoms. The minimum absolute atomic E-state index is 0.995. The topological polar surface area (TPSA) is 37.8 Å². The first-order valence-corrected chi connectivity index (χ1v) is 8.67. The van der Waals surface area contributed by atoms with Crippen LogP contribution in [0.3, 0.4) is 0 Å². The lowest BCUT2D eigenvalue weighted by Gasteiger charge is -2.00. The Kier molecular flexibility index (Phi) is 6.83. The van der Waals surface area contributed by atoms with E-state index in [4.69, 9.17) is 0 Å². The molecule has 1 N–H and O–H groups in total. The summed E-state index contributed by atoms with van der Waals surface area (Å²) in [4.78, 5) is 0. The van der Waals surface area contributed by atoms with Crippen molar-refractivity contribution in [2.24, 2.45) is 0 Å². The minimum atomic E-state index is 0.995. The van der Waals surface area contributed by atoms with Crippen LogP contribution < -0.4 is 5.32 Å². The molecule has 114 valence electrons. The molecule has 21 heavy (non-hydrogen) atoms. The molecule has 0 saturated carbocycles. The van der Waals surface area contributed by atoms with E-state index in [2.05, 4.69) is 53.6 Å². The normalized spacial score (nSPS) is 11.0. The molecule has 1 aromatic carbocycles. The Balaban J connectivity index is 1.72. The predicted octanol–water partition coefficient (Wildman–Crippen LogP) is 3.56. The Morgan fingerprint density at radius 2 is 1.86 bits per heavy atom. The summed E-state index contributed by atoms with van der Waals surface area (Å²) in [5, 5.41) is 14.4. The van der Waals surface area contributed by atoms with Crippen LogP contribution in [0.5, 0.6) is 0 Å². The van der Waals surface area contributed by atoms with Gasteiger partial charge in [0.2, 0.25) is 0 Å². The third-order valence-corrected chi connectivity index (χ3v) is 4.43. The second-order valence-corrected chi connectivity index (χ2v) is 6.58. The zero-order chi connectivity index (χ0) is 14.9. The van der Waals surface area contributed by atoms with Gasteiger partial charge in [-0.1, -0.05) is 36.8 Å². The molecular formula is C17H25N3S. The quantitative estimate of drug-likeness (QED) is 0.720. The van der Waals surface area contributed by atoms with Crippen molar-refractivity contribution in [2.45, 2.75) is 46.0 Å². The summed E-state index contributed by atoms with van der Waals surface area (Å²) in [5.74, 6) is 0. The van der Waals surface area contributed by atoms with E-state index in [1.54, 1.807) is 11.3 Å². The largest absolute Gasteiger partial charge is 0.317 e. The Bertz CT molecular complexity index is 536. The van der Waals surface area contributed by atoms with Crippen molar-refractivity contribution in [3.63, 3.8) is 0 Å². The van der Waals surface area contributed by atoms with E-state index < -0.39 is 0 Å². The SMILES string of the molecule is CCCNCCCc1nnc(CCc2cccc(C)c2)s1. The summed E-state index contributed by atoms with van der Waals surface area (Å²) in [5.41, 5.74) is 2.71. The highest BCUT2D eigenvalue weighted by molar-refractivity contribution is 7.11. The summed E-state index contributed by atoms with van der Waals surface area (Å²) in [6, 6.07) is 8.70. The van der Waals surface area contributed by atoms with Crippen molar-refractivity contribution in [3.05, 3.63) is 45.4 Å². The van der Waals surface area contributed by atoms with E-state index >= 15 is 0 Å². The number of benzene rings is 1. The molecule has 0 aliphatic rings. The number of nitrogens with one attached hydrogen (secondary N) is 1. The Morgan fingerprint density at radius 1 is 1.05 bits per heavy atom. The highest BCUT2D eigenvalue weighted by Gasteiger charge is 2.04. The van der Waals surface area contributed by atoms with Crippen LogP contribution in [0.1, 0.15) is 40.9 Å². The van der Waals surface area contributed by atoms with Crippen LogP contribution in [0.4, 0.5) is 0 Å². The van der Waals surface area contributed by atoms with Gasteiger partial charge in [-0.05, 0) is 44.8 Å². The van der Waals surface area contributed by atoms with Gasteiger partial charge in [0, 0.05) is 12.8 Å². The molecule has 1 heterocycles. The lowest BCUT2D eigenvalue weighted by molar-refractivity contribution is 0.637. The van der Waals surface area contributed by atoms with Crippen molar-refractivity contribution >= 4 is 11.3 Å². The maximum atomic E-state index is 4.32. The fourth-order valence-corrected chi connectivity index (χ4v) is 3.16. The Morgan fingerprint density at radius 3 is 2.62 bits per heavy atom. The van der Waals surface area contributed by atoms with E-state index in [0.717, 1.165) is 43.8 Å². The van der Waals surface area contributed by atoms with Crippen molar-refractivity contribution in [2.75, 3.05) is 13.1 Å². The van der Waals surface area contributed by atoms with Crippen LogP contribution in [0.15, 0.2) is 24.3 Å². The van der Waals surface area contributed by atoms with E-state index in [1.807, 2.05) is 0 Å². The number of aromatic nitrogens is 2. The molecule has 0 bridgehead atoms. The van der Waals surface area contributed by atoms with Crippen LogP contribution in [-0.4, -0.2) is 23.3 Å². The highest BCUT2D eigenvalue weighted by Crippen LogP contribution is 2.15. The average Bonchev–Trinajstić information content (AvgIpc) is 2.93. The molecule has 3 nitrogen and oxygen atoms in total. The van der Waals surface area contributed by atoms with E-state index in [9.17, 15) is 0 Å². The van der Waals surface area contributed by atoms with Crippen molar-refractivity contribution in [1.82, 2.24) is 15.5 Å². The summed E-state index contributed by atoms with van der Waals surface area (Å²) in [6.07, 6.45) is 5.43. The lowest BCUT2D eigenvalue weighted by atomic mass is 10.1. The number of hydrogen-bond donors (Lipinski definition) is 1. The standard InChI is InChI=1S/C17H25N3S/c1-3-11-18-12-5-8-16-19-20-17(21-16)10-9-15-7-4-6-14(2)13-15/h4,6-7,13,18H,3,5,8-12H2,1-2H3. The molecule has 1 aromatic heterocycles. The second kappa shape index (κ2) is 8.90. The van der Waals surface area contributed by atoms with E-state index in [0.29, 0.717) is 0 Å². The monoisotopic (exact) mass is 303 g/mol. The number of hydrogen-bond acceptors (Lipinski definition) is 4. The van der Waals surface area contributed by atoms with Gasteiger partial charge in [0.25, 0.3) is 0 Å². The van der Waals surface area contributed by atoms with Crippen LogP contribution in [0.25, 0.3) is 0 Å². The Labute approximate surface area is 131 Å². The maximum Gasteiger partial charge on any atom is 0.117 e. The van der Waals surface area contributed by atoms with Gasteiger partial charge in [-0.25, -0.2) is 0 Å². The van der Waals surface area contributed by atoms with Gasteiger partial charge >= 0.3 is 0 Å². The molecule has 0 saturated heterocycles. The maximum absolute atomic E-state index is 4.32. The van der Waals surface area contributed by atoms with Gasteiger partial charge in [-0.2, -0.15) is 0 Å². The Hall–Kier alpha value is -1.26. The van der Waals surface area contributed by atoms with Gasteiger partial charge in [0.05, 0.1) is 0 Å². The minimum Gasteiger partial charge on any atom is -0.317 e. The smallest absolute Gasteiger partial charge is 0.117 e. The van der Waals surface area contributed by atoms with Crippen LogP contribution >= 0.6 is 11.3 Å². The third kappa shape index (κ3) is 5.94. The molecule has 0 aliphatic heterocycles. The summed E-state index contributed by atoms with van der Waals surface area (Å²) < 4.78 is 0. The van der Waals surface area contributed by atoms with Gasteiger partial charge in [-0.3, -0.25) is 0 Å². The molecule has 2 rings (SSSR count). The van der Waals surface area contributed by atoms with Gasteiger partial charge in [0.15, 0.2) is 0 Å². The zero-order valence-corrected chi connectivity index (χ0v) is 13.9. The second-order valence-electron chi connectivity index (χ2n) is 5.43. The molecule has 0 unspecified atom stereocenters. The van der Waals surface area contributed by atoms with Gasteiger partial charge in [-0.15, -0.1) is 21.5 Å². The highest BCUT2D eigenvalue weighted by atomic mass is 32.1. The summed E-state index contributed by atoms with van der Waals surface area (Å²) >= 11 is 1.77. The zero-order valence-electron chi connectivity index (χ0n) is 13.1. The molecular weight excluding hydrogens is 278 g/mol. The summed E-state index contributed by atoms with van der Waals surface area (Å²) in [7, 11) is 0. The first kappa shape index (κ1) is 16.1. The predicted molar refractivity (Wildman–Crippen MR) is 90.0 cm³/mol. The van der Waals surface area contributed by atoms with Crippen molar-refractivity contribution in [3.8, 4) is 0 Å². The van der Waals surface area contributed by atoms with Crippen LogP contribution in [-0.2, 0) is 19.3 Å². The molecule has 0 atom stereocenters. The molecule has 0 amide bonds. The van der Waals surface area contributed by atoms with Crippen LogP contribution in [0.2, 0.25) is 0 Å². The first-order valence-electron chi connectivity index (χ1n) is 7.85. The molecule has 0 aliphatic carbocycles. The average molecular weight is 303 g/mol. The van der Waals surface area contributed by atoms with Crippen LogP contribution in [0, 0.1) is 6.92 Å². The first-order chi connectivity index (χ1) is 10.3. The lowest BCUT2D eigenvalue weighted by Crippen LogP contribution is -2.16. The van der Waals surface area contributed by atoms with E-state index in [-0.39, 0.29) is 0 Å². The van der Waals surface area contributed by atoms with E-state index in [1.165, 1.54) is 22.6 Å². The molecule has 4 heteroatoms.